The second kappa shape index (κ2) is 4.93. The molecule has 1 fully saturated rings. The molecular formula is C18H21N5. The minimum absolute atomic E-state index is 0.620. The molecule has 0 amide bonds. The van der Waals surface area contributed by atoms with Gasteiger partial charge in [-0.2, -0.15) is 5.10 Å². The Morgan fingerprint density at radius 2 is 2.30 bits per heavy atom. The highest BCUT2D eigenvalue weighted by atomic mass is 15.3. The smallest absolute Gasteiger partial charge is 0.137 e. The maximum absolute atomic E-state index is 4.29. The van der Waals surface area contributed by atoms with Crippen LogP contribution >= 0.6 is 0 Å². The van der Waals surface area contributed by atoms with E-state index >= 15 is 0 Å². The number of nitrogens with zero attached hydrogens (tertiary/aromatic N) is 4. The average Bonchev–Trinajstić information content (AvgIpc) is 3.20. The first-order valence-corrected chi connectivity index (χ1v) is 8.41. The fraction of sp³-hybridized carbons (Fsp3) is 0.444. The fourth-order valence-electron chi connectivity index (χ4n) is 4.78. The lowest BCUT2D eigenvalue weighted by molar-refractivity contribution is 0.102. The van der Waals surface area contributed by atoms with E-state index in [2.05, 4.69) is 51.4 Å². The number of H-pyrrole nitrogens is 1. The van der Waals surface area contributed by atoms with E-state index in [1.807, 2.05) is 11.0 Å². The number of fused-ring (bicyclic) bond motifs is 2. The van der Waals surface area contributed by atoms with Crippen molar-refractivity contribution in [2.75, 3.05) is 13.6 Å². The van der Waals surface area contributed by atoms with E-state index in [1.54, 1.807) is 6.33 Å². The molecule has 1 N–H and O–H groups in total. The first-order valence-electron chi connectivity index (χ1n) is 8.41. The molecule has 1 aromatic carbocycles. The molecular weight excluding hydrogens is 286 g/mol. The van der Waals surface area contributed by atoms with Crippen LogP contribution in [0.15, 0.2) is 37.1 Å². The average molecular weight is 307 g/mol. The van der Waals surface area contributed by atoms with E-state index in [4.69, 9.17) is 0 Å². The first-order chi connectivity index (χ1) is 11.3. The molecule has 5 rings (SSSR count). The third-order valence-electron chi connectivity index (χ3n) is 5.72. The van der Waals surface area contributed by atoms with Gasteiger partial charge in [0.05, 0.1) is 0 Å². The highest BCUT2D eigenvalue weighted by Gasteiger charge is 2.39. The highest BCUT2D eigenvalue weighted by molar-refractivity contribution is 5.88. The van der Waals surface area contributed by atoms with Gasteiger partial charge in [0, 0.05) is 42.1 Å². The Labute approximate surface area is 135 Å². The molecule has 23 heavy (non-hydrogen) atoms. The predicted molar refractivity (Wildman–Crippen MR) is 89.3 cm³/mol. The van der Waals surface area contributed by atoms with Crippen molar-refractivity contribution in [2.45, 2.75) is 31.3 Å². The van der Waals surface area contributed by atoms with Crippen molar-refractivity contribution in [1.82, 2.24) is 24.6 Å². The van der Waals surface area contributed by atoms with E-state index in [9.17, 15) is 0 Å². The second-order valence-corrected chi connectivity index (χ2v) is 7.12. The summed E-state index contributed by atoms with van der Waals surface area (Å²) in [6.07, 6.45) is 8.06. The summed E-state index contributed by atoms with van der Waals surface area (Å²) in [5.41, 5.74) is 4.31. The topological polar surface area (TPSA) is 49.7 Å². The van der Waals surface area contributed by atoms with Gasteiger partial charge in [0.1, 0.15) is 12.7 Å². The summed E-state index contributed by atoms with van der Waals surface area (Å²) < 4.78 is 1.98. The number of aromatic amines is 1. The van der Waals surface area contributed by atoms with Gasteiger partial charge in [-0.15, -0.1) is 0 Å². The number of likely N-dealkylation sites (N-methyl/N-ethyl adjacent to an activating group) is 1. The second-order valence-electron chi connectivity index (χ2n) is 7.12. The number of likely N-dealkylation sites (tertiary alicyclic amines) is 1. The van der Waals surface area contributed by atoms with Gasteiger partial charge in [-0.1, -0.05) is 12.1 Å². The number of benzene rings is 1. The molecule has 0 spiro atoms. The maximum atomic E-state index is 4.29. The minimum Gasteiger partial charge on any atom is -0.361 e. The van der Waals surface area contributed by atoms with E-state index in [0.29, 0.717) is 17.9 Å². The largest absolute Gasteiger partial charge is 0.361 e. The molecule has 0 saturated carbocycles. The van der Waals surface area contributed by atoms with Gasteiger partial charge in [-0.3, -0.25) is 4.68 Å². The van der Waals surface area contributed by atoms with Crippen LogP contribution in [0.1, 0.15) is 23.5 Å². The number of aromatic nitrogens is 4. The molecule has 0 unspecified atom stereocenters. The summed E-state index contributed by atoms with van der Waals surface area (Å²) >= 11 is 0. The SMILES string of the molecule is CN1C[C@@H](Cn2cncn2)C[C@@H]2c3cccc4[nH]cc(c34)C[C@H]21. The summed E-state index contributed by atoms with van der Waals surface area (Å²) in [7, 11) is 2.28. The number of hydrogen-bond acceptors (Lipinski definition) is 3. The Bertz CT molecular complexity index is 834. The Morgan fingerprint density at radius 1 is 1.35 bits per heavy atom. The van der Waals surface area contributed by atoms with Crippen LogP contribution in [0.5, 0.6) is 0 Å². The number of rotatable bonds is 2. The number of piperidine rings is 1. The van der Waals surface area contributed by atoms with Crippen molar-refractivity contribution in [3.05, 3.63) is 48.2 Å². The zero-order valence-electron chi connectivity index (χ0n) is 13.3. The summed E-state index contributed by atoms with van der Waals surface area (Å²) in [6.45, 7) is 2.10. The van der Waals surface area contributed by atoms with Gasteiger partial charge < -0.3 is 9.88 Å². The molecule has 5 heteroatoms. The monoisotopic (exact) mass is 307 g/mol. The van der Waals surface area contributed by atoms with E-state index in [1.165, 1.54) is 28.5 Å². The number of hydrogen-bond donors (Lipinski definition) is 1. The van der Waals surface area contributed by atoms with Crippen molar-refractivity contribution in [1.29, 1.82) is 0 Å². The zero-order chi connectivity index (χ0) is 15.4. The summed E-state index contributed by atoms with van der Waals surface area (Å²) in [5.74, 6) is 1.24. The van der Waals surface area contributed by atoms with Crippen LogP contribution in [0.4, 0.5) is 0 Å². The van der Waals surface area contributed by atoms with Gasteiger partial charge >= 0.3 is 0 Å². The Balaban J connectivity index is 1.52. The van der Waals surface area contributed by atoms with Crippen molar-refractivity contribution < 1.29 is 0 Å². The molecule has 118 valence electrons. The summed E-state index contributed by atoms with van der Waals surface area (Å²) in [6, 6.07) is 7.35. The standard InChI is InChI=1S/C18H21N5/c1-22-8-12(9-23-11-19-10-21-23)5-15-14-3-2-4-16-18(14)13(7-20-16)6-17(15)22/h2-4,7,10-12,15,17,20H,5-6,8-9H2,1H3/t12-,15+,17+/m0/s1. The molecule has 1 aliphatic heterocycles. The van der Waals surface area contributed by atoms with Gasteiger partial charge in [0.25, 0.3) is 0 Å². The molecule has 3 aromatic rings. The van der Waals surface area contributed by atoms with Crippen molar-refractivity contribution >= 4 is 10.9 Å². The molecule has 2 aromatic heterocycles. The highest BCUT2D eigenvalue weighted by Crippen LogP contribution is 2.44. The van der Waals surface area contributed by atoms with Crippen molar-refractivity contribution in [3.63, 3.8) is 0 Å². The molecule has 5 nitrogen and oxygen atoms in total. The molecule has 2 aliphatic rings. The van der Waals surface area contributed by atoms with E-state index in [0.717, 1.165) is 19.5 Å². The van der Waals surface area contributed by atoms with Crippen molar-refractivity contribution in [3.8, 4) is 0 Å². The molecule has 0 radical (unpaired) electrons. The quantitative estimate of drug-likeness (QED) is 0.791. The molecule has 1 saturated heterocycles. The van der Waals surface area contributed by atoms with Crippen LogP contribution in [0.3, 0.4) is 0 Å². The van der Waals surface area contributed by atoms with E-state index in [-0.39, 0.29) is 0 Å². The predicted octanol–water partition coefficient (Wildman–Crippen LogP) is 2.42. The maximum Gasteiger partial charge on any atom is 0.137 e. The van der Waals surface area contributed by atoms with Gasteiger partial charge in [-0.25, -0.2) is 4.98 Å². The lowest BCUT2D eigenvalue weighted by Crippen LogP contribution is -2.48. The van der Waals surface area contributed by atoms with Crippen LogP contribution in [-0.4, -0.2) is 44.3 Å². The van der Waals surface area contributed by atoms with Crippen LogP contribution in [0.2, 0.25) is 0 Å². The summed E-state index contributed by atoms with van der Waals surface area (Å²) in [5, 5.41) is 5.76. The Hall–Kier alpha value is -2.14. The van der Waals surface area contributed by atoms with Gasteiger partial charge in [0.2, 0.25) is 0 Å². The first kappa shape index (κ1) is 13.3. The van der Waals surface area contributed by atoms with Crippen LogP contribution in [-0.2, 0) is 13.0 Å². The third kappa shape index (κ3) is 2.03. The third-order valence-corrected chi connectivity index (χ3v) is 5.72. The van der Waals surface area contributed by atoms with Crippen molar-refractivity contribution in [2.24, 2.45) is 5.92 Å². The van der Waals surface area contributed by atoms with Gasteiger partial charge in [0.15, 0.2) is 0 Å². The molecule has 3 heterocycles. The van der Waals surface area contributed by atoms with Gasteiger partial charge in [-0.05, 0) is 43.0 Å². The Morgan fingerprint density at radius 3 is 3.17 bits per heavy atom. The fourth-order valence-corrected chi connectivity index (χ4v) is 4.78. The lowest BCUT2D eigenvalue weighted by atomic mass is 9.72. The molecule has 1 aliphatic carbocycles. The summed E-state index contributed by atoms with van der Waals surface area (Å²) in [4.78, 5) is 10.1. The lowest BCUT2D eigenvalue weighted by Gasteiger charge is -2.45. The van der Waals surface area contributed by atoms with E-state index < -0.39 is 0 Å². The minimum atomic E-state index is 0.620. The molecule has 3 atom stereocenters. The Kier molecular flexibility index (Phi) is 2.85. The van der Waals surface area contributed by atoms with Crippen LogP contribution in [0, 0.1) is 5.92 Å². The zero-order valence-corrected chi connectivity index (χ0v) is 13.3. The number of nitrogens with one attached hydrogen (secondary N) is 1. The van der Waals surface area contributed by atoms with Crippen LogP contribution < -0.4 is 0 Å². The molecule has 0 bridgehead atoms. The normalized spacial score (nSPS) is 27.3. The van der Waals surface area contributed by atoms with Crippen LogP contribution in [0.25, 0.3) is 10.9 Å².